The van der Waals surface area contributed by atoms with Crippen LogP contribution in [0.2, 0.25) is 0 Å². The molecule has 1 saturated carbocycles. The highest BCUT2D eigenvalue weighted by atomic mass is 16.5. The van der Waals surface area contributed by atoms with Gasteiger partial charge in [-0.2, -0.15) is 0 Å². The number of nitrogens with one attached hydrogen (secondary N) is 1. The molecule has 94 valence electrons. The lowest BCUT2D eigenvalue weighted by molar-refractivity contribution is 0.0194. The van der Waals surface area contributed by atoms with E-state index in [1.807, 2.05) is 7.11 Å². The molecule has 3 atom stereocenters. The summed E-state index contributed by atoms with van der Waals surface area (Å²) in [4.78, 5) is 2.69. The van der Waals surface area contributed by atoms with Crippen molar-refractivity contribution < 1.29 is 4.74 Å². The maximum absolute atomic E-state index is 5.52. The molecule has 0 bridgehead atoms. The van der Waals surface area contributed by atoms with E-state index in [1.165, 1.54) is 45.2 Å². The number of rotatable bonds is 3. The Hall–Kier alpha value is -0.120. The van der Waals surface area contributed by atoms with Crippen LogP contribution in [0, 0.1) is 0 Å². The molecule has 16 heavy (non-hydrogen) atoms. The average molecular weight is 226 g/mol. The van der Waals surface area contributed by atoms with Crippen molar-refractivity contribution >= 4 is 0 Å². The summed E-state index contributed by atoms with van der Waals surface area (Å²) in [5.41, 5.74) is 0. The van der Waals surface area contributed by atoms with Gasteiger partial charge in [0.05, 0.1) is 6.10 Å². The Bertz CT molecular complexity index is 188. The standard InChI is InChI=1S/C13H26N2O/c1-3-11-10-15(8-7-14-11)12-5-4-6-13(9-12)16-2/h11-14H,3-10H2,1-2H3. The van der Waals surface area contributed by atoms with Gasteiger partial charge >= 0.3 is 0 Å². The molecule has 1 heterocycles. The highest BCUT2D eigenvalue weighted by Crippen LogP contribution is 2.25. The Morgan fingerprint density at radius 3 is 3.00 bits per heavy atom. The molecule has 3 unspecified atom stereocenters. The molecule has 0 aromatic heterocycles. The maximum atomic E-state index is 5.52. The first-order valence-electron chi connectivity index (χ1n) is 6.83. The third-order valence-electron chi connectivity index (χ3n) is 4.23. The number of piperazine rings is 1. The second-order valence-electron chi connectivity index (χ2n) is 5.23. The third kappa shape index (κ3) is 2.96. The first kappa shape index (κ1) is 12.3. The second-order valence-corrected chi connectivity index (χ2v) is 5.23. The maximum Gasteiger partial charge on any atom is 0.0586 e. The third-order valence-corrected chi connectivity index (χ3v) is 4.23. The van der Waals surface area contributed by atoms with Crippen molar-refractivity contribution in [3.63, 3.8) is 0 Å². The summed E-state index contributed by atoms with van der Waals surface area (Å²) in [6, 6.07) is 1.48. The summed E-state index contributed by atoms with van der Waals surface area (Å²) in [6.07, 6.45) is 6.97. The lowest BCUT2D eigenvalue weighted by Gasteiger charge is -2.41. The van der Waals surface area contributed by atoms with E-state index in [0.717, 1.165) is 12.6 Å². The SMILES string of the molecule is CCC1CN(C2CCCC(OC)C2)CCN1. The first-order chi connectivity index (χ1) is 7.83. The molecule has 0 aromatic rings. The van der Waals surface area contributed by atoms with E-state index in [-0.39, 0.29) is 0 Å². The molecule has 1 aliphatic carbocycles. The molecular weight excluding hydrogens is 200 g/mol. The Kier molecular flexibility index (Phi) is 4.62. The number of hydrogen-bond donors (Lipinski definition) is 1. The molecule has 2 fully saturated rings. The van der Waals surface area contributed by atoms with Crippen LogP contribution in [-0.4, -0.2) is 49.8 Å². The number of ether oxygens (including phenoxy) is 1. The molecule has 1 N–H and O–H groups in total. The summed E-state index contributed by atoms with van der Waals surface area (Å²) >= 11 is 0. The fourth-order valence-electron chi connectivity index (χ4n) is 3.12. The van der Waals surface area contributed by atoms with E-state index in [2.05, 4.69) is 17.1 Å². The van der Waals surface area contributed by atoms with Crippen LogP contribution < -0.4 is 5.32 Å². The quantitative estimate of drug-likeness (QED) is 0.791. The Labute approximate surface area is 99.5 Å². The lowest BCUT2D eigenvalue weighted by atomic mass is 9.91. The summed E-state index contributed by atoms with van der Waals surface area (Å²) in [6.45, 7) is 5.89. The molecule has 0 aromatic carbocycles. The van der Waals surface area contributed by atoms with Crippen LogP contribution in [0.5, 0.6) is 0 Å². The minimum absolute atomic E-state index is 0.508. The van der Waals surface area contributed by atoms with Gasteiger partial charge in [-0.3, -0.25) is 4.90 Å². The Balaban J connectivity index is 1.85. The van der Waals surface area contributed by atoms with Crippen molar-refractivity contribution in [2.24, 2.45) is 0 Å². The summed E-state index contributed by atoms with van der Waals surface area (Å²) in [5, 5.41) is 3.59. The number of nitrogens with zero attached hydrogens (tertiary/aromatic N) is 1. The molecule has 0 spiro atoms. The second kappa shape index (κ2) is 5.99. The van der Waals surface area contributed by atoms with Gasteiger partial charge in [0.1, 0.15) is 0 Å². The van der Waals surface area contributed by atoms with Gasteiger partial charge in [-0.05, 0) is 32.1 Å². The summed E-state index contributed by atoms with van der Waals surface area (Å²) < 4.78 is 5.52. The van der Waals surface area contributed by atoms with Gasteiger partial charge in [0.25, 0.3) is 0 Å². The monoisotopic (exact) mass is 226 g/mol. The molecule has 3 heteroatoms. The van der Waals surface area contributed by atoms with Gasteiger partial charge in [-0.15, -0.1) is 0 Å². The highest BCUT2D eigenvalue weighted by molar-refractivity contribution is 4.86. The van der Waals surface area contributed by atoms with E-state index >= 15 is 0 Å². The minimum atomic E-state index is 0.508. The highest BCUT2D eigenvalue weighted by Gasteiger charge is 2.29. The van der Waals surface area contributed by atoms with Crippen LogP contribution in [0.1, 0.15) is 39.0 Å². The van der Waals surface area contributed by atoms with Crippen LogP contribution in [0.4, 0.5) is 0 Å². The van der Waals surface area contributed by atoms with E-state index in [9.17, 15) is 0 Å². The fourth-order valence-corrected chi connectivity index (χ4v) is 3.12. The van der Waals surface area contributed by atoms with Gasteiger partial charge in [-0.1, -0.05) is 6.92 Å². The van der Waals surface area contributed by atoms with E-state index < -0.39 is 0 Å². The molecule has 0 radical (unpaired) electrons. The summed E-state index contributed by atoms with van der Waals surface area (Å²) in [7, 11) is 1.86. The predicted molar refractivity (Wildman–Crippen MR) is 66.7 cm³/mol. The average Bonchev–Trinajstić information content (AvgIpc) is 2.39. The Morgan fingerprint density at radius 1 is 1.38 bits per heavy atom. The van der Waals surface area contributed by atoms with Gasteiger partial charge < -0.3 is 10.1 Å². The smallest absolute Gasteiger partial charge is 0.0586 e. The van der Waals surface area contributed by atoms with Crippen LogP contribution in [0.3, 0.4) is 0 Å². The van der Waals surface area contributed by atoms with E-state index in [1.54, 1.807) is 0 Å². The lowest BCUT2D eigenvalue weighted by Crippen LogP contribution is -2.54. The molecule has 3 nitrogen and oxygen atoms in total. The van der Waals surface area contributed by atoms with E-state index in [4.69, 9.17) is 4.74 Å². The fraction of sp³-hybridized carbons (Fsp3) is 1.00. The van der Waals surface area contributed by atoms with Crippen LogP contribution >= 0.6 is 0 Å². The first-order valence-corrected chi connectivity index (χ1v) is 6.83. The Morgan fingerprint density at radius 2 is 2.25 bits per heavy atom. The molecular formula is C13H26N2O. The molecule has 2 rings (SSSR count). The predicted octanol–water partition coefficient (Wildman–Crippen LogP) is 1.63. The van der Waals surface area contributed by atoms with Crippen LogP contribution in [0.15, 0.2) is 0 Å². The molecule has 2 aliphatic rings. The zero-order valence-corrected chi connectivity index (χ0v) is 10.7. The summed E-state index contributed by atoms with van der Waals surface area (Å²) in [5.74, 6) is 0. The van der Waals surface area contributed by atoms with Crippen molar-refractivity contribution in [2.75, 3.05) is 26.7 Å². The topological polar surface area (TPSA) is 24.5 Å². The number of methoxy groups -OCH3 is 1. The number of hydrogen-bond acceptors (Lipinski definition) is 3. The van der Waals surface area contributed by atoms with Crippen molar-refractivity contribution in [3.05, 3.63) is 0 Å². The van der Waals surface area contributed by atoms with Gasteiger partial charge in [0.2, 0.25) is 0 Å². The van der Waals surface area contributed by atoms with Crippen LogP contribution in [0.25, 0.3) is 0 Å². The zero-order valence-electron chi connectivity index (χ0n) is 10.7. The van der Waals surface area contributed by atoms with Crippen molar-refractivity contribution in [1.82, 2.24) is 10.2 Å². The van der Waals surface area contributed by atoms with Gasteiger partial charge in [0.15, 0.2) is 0 Å². The van der Waals surface area contributed by atoms with Crippen molar-refractivity contribution in [2.45, 2.75) is 57.2 Å². The van der Waals surface area contributed by atoms with Gasteiger partial charge in [0, 0.05) is 38.8 Å². The minimum Gasteiger partial charge on any atom is -0.381 e. The normalized spacial score (nSPS) is 37.5. The van der Waals surface area contributed by atoms with Crippen LogP contribution in [-0.2, 0) is 4.74 Å². The molecule has 1 saturated heterocycles. The molecule has 1 aliphatic heterocycles. The van der Waals surface area contributed by atoms with Gasteiger partial charge in [-0.25, -0.2) is 0 Å². The zero-order chi connectivity index (χ0) is 11.4. The van der Waals surface area contributed by atoms with E-state index in [0.29, 0.717) is 12.1 Å². The van der Waals surface area contributed by atoms with Crippen molar-refractivity contribution in [1.29, 1.82) is 0 Å². The van der Waals surface area contributed by atoms with Crippen molar-refractivity contribution in [3.8, 4) is 0 Å². The molecule has 0 amide bonds. The largest absolute Gasteiger partial charge is 0.381 e.